The topological polar surface area (TPSA) is 43.1 Å². The summed E-state index contributed by atoms with van der Waals surface area (Å²) in [6.45, 7) is 1.59. The summed E-state index contributed by atoms with van der Waals surface area (Å²) in [5.41, 5.74) is -0.961. The van der Waals surface area contributed by atoms with Gasteiger partial charge in [-0.25, -0.2) is 9.50 Å². The fourth-order valence-corrected chi connectivity index (χ4v) is 1.04. The van der Waals surface area contributed by atoms with Crippen LogP contribution in [0.1, 0.15) is 11.5 Å². The molecule has 14 heavy (non-hydrogen) atoms. The van der Waals surface area contributed by atoms with Crippen molar-refractivity contribution in [2.45, 2.75) is 13.1 Å². The van der Waals surface area contributed by atoms with Crippen molar-refractivity contribution in [1.82, 2.24) is 19.6 Å². The molecule has 0 saturated carbocycles. The number of fused-ring (bicyclic) bond motifs is 1. The second-order valence-corrected chi connectivity index (χ2v) is 2.71. The summed E-state index contributed by atoms with van der Waals surface area (Å²) in [6.07, 6.45) is -3.26. The summed E-state index contributed by atoms with van der Waals surface area (Å²) in [4.78, 5) is 7.06. The molecule has 0 aliphatic rings. The lowest BCUT2D eigenvalue weighted by atomic mass is 10.4. The molecule has 0 amide bonds. The number of hydrogen-bond donors (Lipinski definition) is 0. The molecule has 2 rings (SSSR count). The molecule has 0 aromatic carbocycles. The van der Waals surface area contributed by atoms with Crippen LogP contribution in [0.5, 0.6) is 0 Å². The van der Waals surface area contributed by atoms with E-state index in [1.54, 1.807) is 6.92 Å². The molecule has 2 aromatic heterocycles. The molecule has 0 aliphatic heterocycles. The van der Waals surface area contributed by atoms with E-state index in [1.165, 1.54) is 10.7 Å². The number of rotatable bonds is 0. The van der Waals surface area contributed by atoms with E-state index in [0.29, 0.717) is 5.82 Å². The van der Waals surface area contributed by atoms with Crippen LogP contribution in [0.4, 0.5) is 13.2 Å². The van der Waals surface area contributed by atoms with E-state index in [4.69, 9.17) is 0 Å². The minimum atomic E-state index is -4.44. The van der Waals surface area contributed by atoms with Gasteiger partial charge in [0.1, 0.15) is 11.5 Å². The molecule has 7 heteroatoms. The Labute approximate surface area is 76.4 Å². The van der Waals surface area contributed by atoms with Gasteiger partial charge in [0, 0.05) is 6.20 Å². The molecule has 4 nitrogen and oxygen atoms in total. The zero-order valence-electron chi connectivity index (χ0n) is 7.08. The van der Waals surface area contributed by atoms with E-state index >= 15 is 0 Å². The zero-order chi connectivity index (χ0) is 10.3. The van der Waals surface area contributed by atoms with Gasteiger partial charge in [0.05, 0.1) is 0 Å². The molecule has 0 aliphatic carbocycles. The van der Waals surface area contributed by atoms with Gasteiger partial charge >= 0.3 is 6.18 Å². The van der Waals surface area contributed by atoms with E-state index in [2.05, 4.69) is 15.1 Å². The Morgan fingerprint density at radius 3 is 2.64 bits per heavy atom. The van der Waals surface area contributed by atoms with Crippen molar-refractivity contribution in [3.63, 3.8) is 0 Å². The monoisotopic (exact) mass is 202 g/mol. The Kier molecular flexibility index (Phi) is 1.70. The highest BCUT2D eigenvalue weighted by Crippen LogP contribution is 2.27. The lowest BCUT2D eigenvalue weighted by Gasteiger charge is -2.03. The molecule has 0 spiro atoms. The molecule has 0 fully saturated rings. The maximum atomic E-state index is 12.2. The molecule has 0 N–H and O–H groups in total. The van der Waals surface area contributed by atoms with E-state index in [-0.39, 0.29) is 5.78 Å². The summed E-state index contributed by atoms with van der Waals surface area (Å²) in [5, 5.41) is 3.81. The van der Waals surface area contributed by atoms with E-state index in [0.717, 1.165) is 6.07 Å². The summed E-state index contributed by atoms with van der Waals surface area (Å²) in [5.74, 6) is 0.342. The van der Waals surface area contributed by atoms with Gasteiger partial charge in [0.2, 0.25) is 0 Å². The SMILES string of the molecule is Cc1nc2nc(C(F)(F)F)ccn2n1. The third-order valence-corrected chi connectivity index (χ3v) is 1.60. The standard InChI is InChI=1S/C7H5F3N4/c1-4-11-6-12-5(7(8,9)10)2-3-14(6)13-4/h2-3H,1H3. The van der Waals surface area contributed by atoms with Gasteiger partial charge in [-0.2, -0.15) is 23.3 Å². The van der Waals surface area contributed by atoms with Crippen LogP contribution in [0.2, 0.25) is 0 Å². The van der Waals surface area contributed by atoms with Gasteiger partial charge in [-0.05, 0) is 13.0 Å². The van der Waals surface area contributed by atoms with Crippen LogP contribution in [-0.2, 0) is 6.18 Å². The number of aromatic nitrogens is 4. The largest absolute Gasteiger partial charge is 0.433 e. The van der Waals surface area contributed by atoms with Crippen LogP contribution >= 0.6 is 0 Å². The van der Waals surface area contributed by atoms with E-state index in [9.17, 15) is 13.2 Å². The Bertz CT molecular complexity index is 473. The van der Waals surface area contributed by atoms with Crippen LogP contribution < -0.4 is 0 Å². The van der Waals surface area contributed by atoms with Crippen LogP contribution in [0.3, 0.4) is 0 Å². The van der Waals surface area contributed by atoms with Gasteiger partial charge in [-0.15, -0.1) is 0 Å². The van der Waals surface area contributed by atoms with Crippen molar-refractivity contribution < 1.29 is 13.2 Å². The minimum absolute atomic E-state index is 0.0441. The third-order valence-electron chi connectivity index (χ3n) is 1.60. The van der Waals surface area contributed by atoms with Gasteiger partial charge < -0.3 is 0 Å². The Hall–Kier alpha value is -1.66. The number of alkyl halides is 3. The molecular formula is C7H5F3N4. The van der Waals surface area contributed by atoms with Gasteiger partial charge in [0.15, 0.2) is 0 Å². The highest BCUT2D eigenvalue weighted by Gasteiger charge is 2.32. The van der Waals surface area contributed by atoms with Gasteiger partial charge in [-0.3, -0.25) is 0 Å². The first kappa shape index (κ1) is 8.92. The summed E-state index contributed by atoms with van der Waals surface area (Å²) < 4.78 is 37.8. The molecule has 0 atom stereocenters. The summed E-state index contributed by atoms with van der Waals surface area (Å²) >= 11 is 0. The number of hydrogen-bond acceptors (Lipinski definition) is 3. The van der Waals surface area contributed by atoms with Crippen molar-refractivity contribution in [3.05, 3.63) is 23.8 Å². The minimum Gasteiger partial charge on any atom is -0.206 e. The second-order valence-electron chi connectivity index (χ2n) is 2.71. The third kappa shape index (κ3) is 1.40. The van der Waals surface area contributed by atoms with Gasteiger partial charge in [-0.1, -0.05) is 0 Å². The lowest BCUT2D eigenvalue weighted by molar-refractivity contribution is -0.141. The predicted molar refractivity (Wildman–Crippen MR) is 40.5 cm³/mol. The van der Waals surface area contributed by atoms with Crippen LogP contribution in [0, 0.1) is 6.92 Å². The highest BCUT2D eigenvalue weighted by atomic mass is 19.4. The quantitative estimate of drug-likeness (QED) is 0.649. The predicted octanol–water partition coefficient (Wildman–Crippen LogP) is 1.45. The second kappa shape index (κ2) is 2.66. The van der Waals surface area contributed by atoms with Crippen molar-refractivity contribution in [3.8, 4) is 0 Å². The summed E-state index contributed by atoms with van der Waals surface area (Å²) in [7, 11) is 0. The van der Waals surface area contributed by atoms with Gasteiger partial charge in [0.25, 0.3) is 5.78 Å². The van der Waals surface area contributed by atoms with Crippen LogP contribution in [-0.4, -0.2) is 19.6 Å². The molecule has 0 unspecified atom stereocenters. The smallest absolute Gasteiger partial charge is 0.206 e. The molecule has 2 heterocycles. The Morgan fingerprint density at radius 1 is 1.29 bits per heavy atom. The van der Waals surface area contributed by atoms with Crippen molar-refractivity contribution in [1.29, 1.82) is 0 Å². The fraction of sp³-hybridized carbons (Fsp3) is 0.286. The first-order valence-corrected chi connectivity index (χ1v) is 3.74. The first-order valence-electron chi connectivity index (χ1n) is 3.74. The molecule has 2 aromatic rings. The number of halogens is 3. The first-order chi connectivity index (χ1) is 6.47. The normalized spacial score (nSPS) is 12.3. The molecule has 0 radical (unpaired) electrons. The fourth-order valence-electron chi connectivity index (χ4n) is 1.04. The number of nitrogens with zero attached hydrogens (tertiary/aromatic N) is 4. The zero-order valence-corrected chi connectivity index (χ0v) is 7.08. The molecular weight excluding hydrogens is 197 g/mol. The highest BCUT2D eigenvalue weighted by molar-refractivity contribution is 5.28. The molecule has 74 valence electrons. The summed E-state index contributed by atoms with van der Waals surface area (Å²) in [6, 6.07) is 0.862. The van der Waals surface area contributed by atoms with Crippen LogP contribution in [0.15, 0.2) is 12.3 Å². The van der Waals surface area contributed by atoms with E-state index in [1.807, 2.05) is 0 Å². The van der Waals surface area contributed by atoms with Crippen molar-refractivity contribution >= 4 is 5.78 Å². The lowest BCUT2D eigenvalue weighted by Crippen LogP contribution is -2.09. The maximum Gasteiger partial charge on any atom is 0.433 e. The van der Waals surface area contributed by atoms with Crippen molar-refractivity contribution in [2.24, 2.45) is 0 Å². The Morgan fingerprint density at radius 2 is 2.00 bits per heavy atom. The average molecular weight is 202 g/mol. The van der Waals surface area contributed by atoms with Crippen molar-refractivity contribution in [2.75, 3.05) is 0 Å². The average Bonchev–Trinajstić information content (AvgIpc) is 2.41. The molecule has 0 saturated heterocycles. The number of aryl methyl sites for hydroxylation is 1. The van der Waals surface area contributed by atoms with E-state index < -0.39 is 11.9 Å². The maximum absolute atomic E-state index is 12.2. The molecule has 0 bridgehead atoms. The Balaban J connectivity index is 2.62. The van der Waals surface area contributed by atoms with Crippen LogP contribution in [0.25, 0.3) is 5.78 Å².